The minimum absolute atomic E-state index is 0.117. The molecule has 0 bridgehead atoms. The van der Waals surface area contributed by atoms with Gasteiger partial charge >= 0.3 is 5.97 Å². The van der Waals surface area contributed by atoms with E-state index in [0.717, 1.165) is 0 Å². The highest BCUT2D eigenvalue weighted by Crippen LogP contribution is 2.36. The van der Waals surface area contributed by atoms with Crippen LogP contribution in [0.5, 0.6) is 0 Å². The molecule has 7 heteroatoms. The number of hydrogen-bond acceptors (Lipinski definition) is 4. The van der Waals surface area contributed by atoms with Crippen LogP contribution in [0.15, 0.2) is 52.9 Å². The van der Waals surface area contributed by atoms with Gasteiger partial charge in [-0.3, -0.25) is 4.79 Å². The van der Waals surface area contributed by atoms with Crippen LogP contribution in [0.2, 0.25) is 5.02 Å². The van der Waals surface area contributed by atoms with E-state index >= 15 is 0 Å². The molecule has 0 aliphatic carbocycles. The Kier molecular flexibility index (Phi) is 4.49. The molecule has 0 spiro atoms. The summed E-state index contributed by atoms with van der Waals surface area (Å²) >= 11 is 6.02. The summed E-state index contributed by atoms with van der Waals surface area (Å²) in [4.78, 5) is 23.9. The number of nitrogens with one attached hydrogen (secondary N) is 1. The standard InChI is InChI=1S/C21H13ClFNO4/c1-27-21(26)11-2-5-17(23)16(8-11)19-7-4-13(28-19)10-15-14-9-12(22)3-6-18(14)24-20(15)25/h2-10H,1H3,(H,24,25). The second-order valence-corrected chi connectivity index (χ2v) is 6.53. The van der Waals surface area contributed by atoms with E-state index in [4.69, 9.17) is 16.0 Å². The van der Waals surface area contributed by atoms with Gasteiger partial charge in [-0.15, -0.1) is 0 Å². The zero-order valence-electron chi connectivity index (χ0n) is 14.6. The third-order valence-corrected chi connectivity index (χ3v) is 4.57. The van der Waals surface area contributed by atoms with Crippen molar-refractivity contribution in [3.8, 4) is 11.3 Å². The molecule has 1 aliphatic rings. The summed E-state index contributed by atoms with van der Waals surface area (Å²) in [6.45, 7) is 0. The predicted molar refractivity (Wildman–Crippen MR) is 103 cm³/mol. The molecule has 0 fully saturated rings. The Morgan fingerprint density at radius 2 is 1.96 bits per heavy atom. The minimum atomic E-state index is -0.578. The lowest BCUT2D eigenvalue weighted by Crippen LogP contribution is -2.03. The number of furan rings is 1. The Hall–Kier alpha value is -3.38. The first kappa shape index (κ1) is 18.0. The first-order valence-corrected chi connectivity index (χ1v) is 8.65. The van der Waals surface area contributed by atoms with Gasteiger partial charge in [0.25, 0.3) is 5.91 Å². The van der Waals surface area contributed by atoms with Crippen molar-refractivity contribution < 1.29 is 23.1 Å². The normalized spacial score (nSPS) is 14.1. The molecule has 1 amide bonds. The number of halogens is 2. The Labute approximate surface area is 164 Å². The van der Waals surface area contributed by atoms with E-state index in [0.29, 0.717) is 27.6 Å². The van der Waals surface area contributed by atoms with Crippen LogP contribution in [-0.4, -0.2) is 19.0 Å². The van der Waals surface area contributed by atoms with Crippen LogP contribution in [-0.2, 0) is 9.53 Å². The van der Waals surface area contributed by atoms with Gasteiger partial charge in [0.1, 0.15) is 17.3 Å². The summed E-state index contributed by atoms with van der Waals surface area (Å²) in [6, 6.07) is 12.1. The molecule has 0 atom stereocenters. The van der Waals surface area contributed by atoms with Gasteiger partial charge < -0.3 is 14.5 Å². The largest absolute Gasteiger partial charge is 0.465 e. The number of carbonyl (C=O) groups excluding carboxylic acids is 2. The minimum Gasteiger partial charge on any atom is -0.465 e. The number of amides is 1. The molecule has 1 aliphatic heterocycles. The van der Waals surface area contributed by atoms with E-state index in [9.17, 15) is 14.0 Å². The lowest BCUT2D eigenvalue weighted by Gasteiger charge is -2.03. The summed E-state index contributed by atoms with van der Waals surface area (Å²) in [7, 11) is 1.25. The Balaban J connectivity index is 1.72. The molecule has 140 valence electrons. The summed E-state index contributed by atoms with van der Waals surface area (Å²) in [6.07, 6.45) is 1.56. The van der Waals surface area contributed by atoms with E-state index < -0.39 is 11.8 Å². The summed E-state index contributed by atoms with van der Waals surface area (Å²) < 4.78 is 24.6. The average molecular weight is 398 g/mol. The summed E-state index contributed by atoms with van der Waals surface area (Å²) in [5.74, 6) is -0.826. The molecular weight excluding hydrogens is 385 g/mol. The molecule has 1 N–H and O–H groups in total. The number of esters is 1. The van der Waals surface area contributed by atoms with Gasteiger partial charge in [-0.25, -0.2) is 9.18 Å². The fraction of sp³-hybridized carbons (Fsp3) is 0.0476. The van der Waals surface area contributed by atoms with E-state index in [-0.39, 0.29) is 22.8 Å². The fourth-order valence-corrected chi connectivity index (χ4v) is 3.15. The van der Waals surface area contributed by atoms with Gasteiger partial charge in [0, 0.05) is 16.3 Å². The molecule has 4 rings (SSSR count). The highest BCUT2D eigenvalue weighted by molar-refractivity contribution is 6.36. The van der Waals surface area contributed by atoms with Crippen molar-refractivity contribution >= 4 is 40.8 Å². The van der Waals surface area contributed by atoms with Crippen molar-refractivity contribution in [2.45, 2.75) is 0 Å². The molecule has 0 saturated carbocycles. The number of anilines is 1. The molecule has 0 radical (unpaired) electrons. The maximum Gasteiger partial charge on any atom is 0.337 e. The highest BCUT2D eigenvalue weighted by Gasteiger charge is 2.25. The molecule has 2 heterocycles. The highest BCUT2D eigenvalue weighted by atomic mass is 35.5. The number of methoxy groups -OCH3 is 1. The van der Waals surface area contributed by atoms with Gasteiger partial charge in [-0.05, 0) is 54.6 Å². The predicted octanol–water partition coefficient (Wildman–Crippen LogP) is 5.02. The zero-order chi connectivity index (χ0) is 19.8. The van der Waals surface area contributed by atoms with Gasteiger partial charge in [0.2, 0.25) is 0 Å². The van der Waals surface area contributed by atoms with Gasteiger partial charge in [-0.1, -0.05) is 11.6 Å². The topological polar surface area (TPSA) is 68.5 Å². The Bertz CT molecular complexity index is 1150. The monoisotopic (exact) mass is 397 g/mol. The van der Waals surface area contributed by atoms with E-state index in [1.807, 2.05) is 0 Å². The summed E-state index contributed by atoms with van der Waals surface area (Å²) in [5, 5.41) is 3.25. The SMILES string of the molecule is COC(=O)c1ccc(F)c(-c2ccc(C=C3C(=O)Nc4ccc(Cl)cc43)o2)c1. The van der Waals surface area contributed by atoms with Crippen molar-refractivity contribution in [1.29, 1.82) is 0 Å². The van der Waals surface area contributed by atoms with Crippen LogP contribution in [0.1, 0.15) is 21.7 Å². The summed E-state index contributed by atoms with van der Waals surface area (Å²) in [5.41, 5.74) is 2.03. The fourth-order valence-electron chi connectivity index (χ4n) is 2.98. The third kappa shape index (κ3) is 3.18. The molecule has 1 aromatic heterocycles. The van der Waals surface area contributed by atoms with Gasteiger partial charge in [0.15, 0.2) is 0 Å². The molecule has 5 nitrogen and oxygen atoms in total. The lowest BCUT2D eigenvalue weighted by atomic mass is 10.1. The Morgan fingerprint density at radius 1 is 1.14 bits per heavy atom. The number of carbonyl (C=O) groups is 2. The van der Waals surface area contributed by atoms with Crippen LogP contribution in [0, 0.1) is 5.82 Å². The number of ether oxygens (including phenoxy) is 1. The molecule has 0 saturated heterocycles. The van der Waals surface area contributed by atoms with E-state index in [1.54, 1.807) is 36.4 Å². The second kappa shape index (κ2) is 6.98. The van der Waals surface area contributed by atoms with Crippen LogP contribution in [0.3, 0.4) is 0 Å². The maximum absolute atomic E-state index is 14.2. The quantitative estimate of drug-likeness (QED) is 0.497. The van der Waals surface area contributed by atoms with Crippen molar-refractivity contribution in [2.24, 2.45) is 0 Å². The van der Waals surface area contributed by atoms with Crippen LogP contribution < -0.4 is 5.32 Å². The molecule has 2 aromatic carbocycles. The number of hydrogen-bond donors (Lipinski definition) is 1. The first-order valence-electron chi connectivity index (χ1n) is 8.27. The van der Waals surface area contributed by atoms with Crippen molar-refractivity contribution in [2.75, 3.05) is 12.4 Å². The number of benzene rings is 2. The third-order valence-electron chi connectivity index (χ3n) is 4.33. The average Bonchev–Trinajstić information content (AvgIpc) is 3.27. The smallest absolute Gasteiger partial charge is 0.337 e. The Morgan fingerprint density at radius 3 is 2.75 bits per heavy atom. The van der Waals surface area contributed by atoms with Crippen LogP contribution >= 0.6 is 11.6 Å². The van der Waals surface area contributed by atoms with E-state index in [2.05, 4.69) is 10.1 Å². The maximum atomic E-state index is 14.2. The number of rotatable bonds is 3. The molecular formula is C21H13ClFNO4. The van der Waals surface area contributed by atoms with Crippen molar-refractivity contribution in [3.63, 3.8) is 0 Å². The lowest BCUT2D eigenvalue weighted by molar-refractivity contribution is -0.110. The molecule has 0 unspecified atom stereocenters. The van der Waals surface area contributed by atoms with Crippen molar-refractivity contribution in [3.05, 3.63) is 76.3 Å². The van der Waals surface area contributed by atoms with Crippen LogP contribution in [0.4, 0.5) is 10.1 Å². The zero-order valence-corrected chi connectivity index (χ0v) is 15.3. The number of fused-ring (bicyclic) bond motifs is 1. The van der Waals surface area contributed by atoms with Gasteiger partial charge in [-0.2, -0.15) is 0 Å². The van der Waals surface area contributed by atoms with Crippen molar-refractivity contribution in [1.82, 2.24) is 0 Å². The second-order valence-electron chi connectivity index (χ2n) is 6.09. The van der Waals surface area contributed by atoms with E-state index in [1.165, 1.54) is 25.3 Å². The first-order chi connectivity index (χ1) is 13.5. The van der Waals surface area contributed by atoms with Gasteiger partial charge in [0.05, 0.1) is 23.8 Å². The van der Waals surface area contributed by atoms with Crippen LogP contribution in [0.25, 0.3) is 23.0 Å². The molecule has 3 aromatic rings. The molecule has 28 heavy (non-hydrogen) atoms.